The van der Waals surface area contributed by atoms with E-state index in [1.165, 1.54) is 0 Å². The van der Waals surface area contributed by atoms with Crippen LogP contribution in [0.5, 0.6) is 11.5 Å². The van der Waals surface area contributed by atoms with Gasteiger partial charge in [-0.15, -0.1) is 0 Å². The highest BCUT2D eigenvalue weighted by Gasteiger charge is 2.43. The van der Waals surface area contributed by atoms with Crippen LogP contribution in [0.25, 0.3) is 0 Å². The van der Waals surface area contributed by atoms with Crippen molar-refractivity contribution in [3.8, 4) is 17.6 Å². The van der Waals surface area contributed by atoms with Crippen LogP contribution in [0, 0.1) is 11.3 Å². The van der Waals surface area contributed by atoms with Crippen molar-refractivity contribution in [2.75, 3.05) is 31.8 Å². The van der Waals surface area contributed by atoms with Gasteiger partial charge in [-0.1, -0.05) is 0 Å². The maximum absolute atomic E-state index is 13.5. The molecule has 3 aliphatic rings. The molecule has 1 N–H and O–H groups in total. The monoisotopic (exact) mass is 426 g/mol. The van der Waals surface area contributed by atoms with Gasteiger partial charge in [-0.2, -0.15) is 5.26 Å². The Bertz CT molecular complexity index is 963. The summed E-state index contributed by atoms with van der Waals surface area (Å²) in [4.78, 5) is 17.3. The van der Waals surface area contributed by atoms with Crippen LogP contribution in [0.15, 0.2) is 23.5 Å². The predicted molar refractivity (Wildman–Crippen MR) is 116 cm³/mol. The van der Waals surface area contributed by atoms with Crippen LogP contribution in [0.1, 0.15) is 39.7 Å². The average Bonchev–Trinajstić information content (AvgIpc) is 3.11. The fraction of sp³-hybridized carbons (Fsp3) is 0.565. The molecule has 0 bridgehead atoms. The molecular formula is C23H30N4O4. The molecule has 8 heteroatoms. The van der Waals surface area contributed by atoms with Crippen molar-refractivity contribution < 1.29 is 19.0 Å². The number of hydrogen-bond donors (Lipinski definition) is 1. The Balaban J connectivity index is 1.76. The van der Waals surface area contributed by atoms with E-state index in [4.69, 9.17) is 14.2 Å². The number of morpholine rings is 1. The lowest BCUT2D eigenvalue weighted by Gasteiger charge is -2.42. The molecule has 0 aliphatic carbocycles. The number of anilines is 1. The number of nitrogens with one attached hydrogen (secondary N) is 1. The first kappa shape index (κ1) is 21.3. The second kappa shape index (κ2) is 7.97. The molecule has 0 spiro atoms. The van der Waals surface area contributed by atoms with Crippen molar-refractivity contribution in [1.29, 1.82) is 5.26 Å². The third-order valence-corrected chi connectivity index (χ3v) is 5.96. The topological polar surface area (TPSA) is 87.1 Å². The summed E-state index contributed by atoms with van der Waals surface area (Å²) >= 11 is 0. The number of nitrogens with zero attached hydrogens (tertiary/aromatic N) is 3. The van der Waals surface area contributed by atoms with E-state index < -0.39 is 11.7 Å². The first-order valence-corrected chi connectivity index (χ1v) is 10.7. The van der Waals surface area contributed by atoms with Crippen LogP contribution in [0.4, 0.5) is 5.69 Å². The predicted octanol–water partition coefficient (Wildman–Crippen LogP) is 2.54. The molecule has 1 aromatic carbocycles. The number of ether oxygens (including phenoxy) is 3. The highest BCUT2D eigenvalue weighted by atomic mass is 16.5. The highest BCUT2D eigenvalue weighted by Crippen LogP contribution is 2.44. The first-order valence-electron chi connectivity index (χ1n) is 10.7. The zero-order valence-electron chi connectivity index (χ0n) is 18.8. The van der Waals surface area contributed by atoms with E-state index in [1.54, 1.807) is 7.11 Å². The molecule has 1 unspecified atom stereocenters. The van der Waals surface area contributed by atoms with Crippen molar-refractivity contribution in [3.63, 3.8) is 0 Å². The van der Waals surface area contributed by atoms with E-state index in [0.29, 0.717) is 43.4 Å². The molecule has 1 saturated heterocycles. The van der Waals surface area contributed by atoms with Crippen molar-refractivity contribution in [1.82, 2.24) is 10.2 Å². The molecule has 3 aliphatic heterocycles. The number of allylic oxidation sites excluding steroid dienone is 1. The van der Waals surface area contributed by atoms with Gasteiger partial charge in [0.15, 0.2) is 17.7 Å². The van der Waals surface area contributed by atoms with Crippen molar-refractivity contribution >= 4 is 11.6 Å². The van der Waals surface area contributed by atoms with E-state index in [2.05, 4.69) is 11.4 Å². The Kier molecular flexibility index (Phi) is 5.48. The third-order valence-electron chi connectivity index (χ3n) is 5.96. The molecule has 0 aromatic heterocycles. The largest absolute Gasteiger partial charge is 0.493 e. The van der Waals surface area contributed by atoms with Gasteiger partial charge in [0.2, 0.25) is 0 Å². The molecular weight excluding hydrogens is 396 g/mol. The summed E-state index contributed by atoms with van der Waals surface area (Å²) in [6.07, 6.45) is 0.743. The number of benzene rings is 1. The van der Waals surface area contributed by atoms with Gasteiger partial charge in [-0.25, -0.2) is 0 Å². The molecule has 4 rings (SSSR count). The molecule has 1 fully saturated rings. The van der Waals surface area contributed by atoms with Gasteiger partial charge < -0.3 is 29.3 Å². The van der Waals surface area contributed by atoms with Crippen LogP contribution in [-0.4, -0.2) is 55.5 Å². The summed E-state index contributed by atoms with van der Waals surface area (Å²) in [5, 5.41) is 13.1. The Hall–Kier alpha value is -2.92. The number of amides is 1. The van der Waals surface area contributed by atoms with E-state index in [9.17, 15) is 10.1 Å². The smallest absolute Gasteiger partial charge is 0.272 e. The summed E-state index contributed by atoms with van der Waals surface area (Å²) in [5.74, 6) is 1.22. The third kappa shape index (κ3) is 3.68. The zero-order chi connectivity index (χ0) is 22.3. The van der Waals surface area contributed by atoms with Gasteiger partial charge >= 0.3 is 0 Å². The van der Waals surface area contributed by atoms with E-state index >= 15 is 0 Å². The lowest BCUT2D eigenvalue weighted by atomic mass is 9.97. The summed E-state index contributed by atoms with van der Waals surface area (Å²) in [5.41, 5.74) is 2.90. The SMILES string of the molecule is COc1cc2c(cc1OC(C)C)N1C(=C(C(=O)N3CCOCC3(C)C)NC1C#N)CC2. The fourth-order valence-electron chi connectivity index (χ4n) is 4.51. The molecule has 31 heavy (non-hydrogen) atoms. The number of aryl methyl sites for hydroxylation is 1. The molecule has 8 nitrogen and oxygen atoms in total. The summed E-state index contributed by atoms with van der Waals surface area (Å²) < 4.78 is 17.1. The number of rotatable bonds is 4. The number of carbonyl (C=O) groups is 1. The average molecular weight is 427 g/mol. The first-order chi connectivity index (χ1) is 14.8. The second-order valence-electron chi connectivity index (χ2n) is 8.99. The Morgan fingerprint density at radius 3 is 2.74 bits per heavy atom. The van der Waals surface area contributed by atoms with E-state index in [0.717, 1.165) is 23.4 Å². The van der Waals surface area contributed by atoms with Gasteiger partial charge in [-0.05, 0) is 52.2 Å². The molecule has 0 saturated carbocycles. The lowest BCUT2D eigenvalue weighted by Crippen LogP contribution is -2.56. The molecule has 1 aromatic rings. The minimum atomic E-state index is -0.655. The van der Waals surface area contributed by atoms with E-state index in [-0.39, 0.29) is 12.0 Å². The number of fused-ring (bicyclic) bond motifs is 3. The number of carbonyl (C=O) groups excluding carboxylic acids is 1. The molecule has 0 radical (unpaired) electrons. The Morgan fingerprint density at radius 2 is 2.10 bits per heavy atom. The van der Waals surface area contributed by atoms with Crippen LogP contribution in [-0.2, 0) is 16.0 Å². The van der Waals surface area contributed by atoms with Gasteiger partial charge in [0.25, 0.3) is 5.91 Å². The maximum atomic E-state index is 13.5. The molecule has 1 amide bonds. The normalized spacial score (nSPS) is 21.9. The maximum Gasteiger partial charge on any atom is 0.272 e. The number of methoxy groups -OCH3 is 1. The van der Waals surface area contributed by atoms with Crippen molar-refractivity contribution in [2.24, 2.45) is 0 Å². The van der Waals surface area contributed by atoms with Crippen LogP contribution in [0.3, 0.4) is 0 Å². The molecule has 1 atom stereocenters. The number of nitriles is 1. The fourth-order valence-corrected chi connectivity index (χ4v) is 4.51. The van der Waals surface area contributed by atoms with Crippen LogP contribution >= 0.6 is 0 Å². The minimum absolute atomic E-state index is 0.0188. The van der Waals surface area contributed by atoms with Gasteiger partial charge in [-0.3, -0.25) is 4.79 Å². The van der Waals surface area contributed by atoms with Gasteiger partial charge in [0, 0.05) is 12.6 Å². The summed E-state index contributed by atoms with van der Waals surface area (Å²) in [6, 6.07) is 6.20. The van der Waals surface area contributed by atoms with Gasteiger partial charge in [0.05, 0.1) is 43.4 Å². The number of hydrogen-bond acceptors (Lipinski definition) is 7. The Morgan fingerprint density at radius 1 is 1.32 bits per heavy atom. The van der Waals surface area contributed by atoms with Crippen molar-refractivity contribution in [2.45, 2.75) is 58.3 Å². The van der Waals surface area contributed by atoms with Crippen molar-refractivity contribution in [3.05, 3.63) is 29.1 Å². The summed E-state index contributed by atoms with van der Waals surface area (Å²) in [6.45, 7) is 9.46. The molecule has 166 valence electrons. The van der Waals surface area contributed by atoms with Gasteiger partial charge in [0.1, 0.15) is 11.8 Å². The highest BCUT2D eigenvalue weighted by molar-refractivity contribution is 5.96. The Labute approximate surface area is 183 Å². The minimum Gasteiger partial charge on any atom is -0.493 e. The zero-order valence-corrected chi connectivity index (χ0v) is 18.8. The standard InChI is InChI=1S/C23H30N4O4/c1-14(2)31-19-11-17-15(10-18(19)29-5)6-7-16-21(25-20(12-24)27(16)17)22(28)26-8-9-30-13-23(26,3)4/h10-11,14,20,25H,6-9,13H2,1-5H3. The molecule has 3 heterocycles. The quantitative estimate of drug-likeness (QED) is 0.792. The second-order valence-corrected chi connectivity index (χ2v) is 8.99. The lowest BCUT2D eigenvalue weighted by molar-refractivity contribution is -0.142. The summed E-state index contributed by atoms with van der Waals surface area (Å²) in [7, 11) is 1.62. The van der Waals surface area contributed by atoms with Crippen LogP contribution in [0.2, 0.25) is 0 Å². The van der Waals surface area contributed by atoms with E-state index in [1.807, 2.05) is 49.6 Å². The van der Waals surface area contributed by atoms with Crippen LogP contribution < -0.4 is 19.7 Å².